The zero-order valence-electron chi connectivity index (χ0n) is 14.8. The standard InChI is InChI=1S/C18H22FN3O5/c19-13-6-5-12(22(26)27)10-14(13)20-17(23)7-8-21-15-4-2-1-3-11(15)9-16(21)18(24)25/h5-6,10-11,15-16H,1-4,7-9H2,(H,20,23)(H,24,25). The first-order valence-electron chi connectivity index (χ1n) is 9.09. The van der Waals surface area contributed by atoms with Crippen molar-refractivity contribution in [2.75, 3.05) is 11.9 Å². The summed E-state index contributed by atoms with van der Waals surface area (Å²) in [6.45, 7) is 0.264. The van der Waals surface area contributed by atoms with Crippen LogP contribution in [0.2, 0.25) is 0 Å². The highest BCUT2D eigenvalue weighted by Crippen LogP contribution is 2.39. The average molecular weight is 379 g/mol. The van der Waals surface area contributed by atoms with Crippen molar-refractivity contribution in [2.24, 2.45) is 5.92 Å². The van der Waals surface area contributed by atoms with Crippen molar-refractivity contribution < 1.29 is 24.0 Å². The van der Waals surface area contributed by atoms with Crippen LogP contribution in [0.15, 0.2) is 18.2 Å². The molecule has 2 aliphatic rings. The SMILES string of the molecule is O=C(CCN1C(C(=O)O)CC2CCCCC21)Nc1cc([N+](=O)[O-])ccc1F. The van der Waals surface area contributed by atoms with Crippen molar-refractivity contribution >= 4 is 23.3 Å². The lowest BCUT2D eigenvalue weighted by Gasteiger charge is -2.32. The summed E-state index contributed by atoms with van der Waals surface area (Å²) in [4.78, 5) is 35.8. The normalized spacial score (nSPS) is 25.0. The first-order chi connectivity index (χ1) is 12.9. The molecule has 2 fully saturated rings. The van der Waals surface area contributed by atoms with Gasteiger partial charge in [0.2, 0.25) is 5.91 Å². The Labute approximate surface area is 155 Å². The number of hydrogen-bond donors (Lipinski definition) is 2. The number of nitro groups is 1. The van der Waals surface area contributed by atoms with Gasteiger partial charge in [-0.15, -0.1) is 0 Å². The number of anilines is 1. The summed E-state index contributed by atoms with van der Waals surface area (Å²) >= 11 is 0. The lowest BCUT2D eigenvalue weighted by molar-refractivity contribution is -0.384. The monoisotopic (exact) mass is 379 g/mol. The Bertz CT molecular complexity index is 757. The van der Waals surface area contributed by atoms with E-state index in [9.17, 15) is 29.2 Å². The number of likely N-dealkylation sites (tertiary alicyclic amines) is 1. The number of nitrogens with one attached hydrogen (secondary N) is 1. The third kappa shape index (κ3) is 4.24. The predicted molar refractivity (Wildman–Crippen MR) is 94.8 cm³/mol. The first kappa shape index (κ1) is 19.2. The van der Waals surface area contributed by atoms with Crippen LogP contribution in [-0.2, 0) is 9.59 Å². The number of rotatable bonds is 6. The summed E-state index contributed by atoms with van der Waals surface area (Å²) < 4.78 is 13.8. The van der Waals surface area contributed by atoms with Gasteiger partial charge in [-0.2, -0.15) is 0 Å². The number of benzene rings is 1. The number of nitro benzene ring substituents is 1. The third-order valence-electron chi connectivity index (χ3n) is 5.54. The van der Waals surface area contributed by atoms with Crippen molar-refractivity contribution in [3.63, 3.8) is 0 Å². The minimum atomic E-state index is -0.880. The van der Waals surface area contributed by atoms with Gasteiger partial charge in [-0.25, -0.2) is 4.39 Å². The first-order valence-corrected chi connectivity index (χ1v) is 9.09. The third-order valence-corrected chi connectivity index (χ3v) is 5.54. The molecule has 0 bridgehead atoms. The number of hydrogen-bond acceptors (Lipinski definition) is 5. The maximum Gasteiger partial charge on any atom is 0.320 e. The number of non-ortho nitro benzene ring substituents is 1. The molecule has 0 radical (unpaired) electrons. The Hall–Kier alpha value is -2.55. The van der Waals surface area contributed by atoms with E-state index in [1.165, 1.54) is 0 Å². The molecule has 1 aromatic rings. The van der Waals surface area contributed by atoms with Gasteiger partial charge in [-0.1, -0.05) is 12.8 Å². The molecule has 1 aromatic carbocycles. The van der Waals surface area contributed by atoms with E-state index in [2.05, 4.69) is 5.32 Å². The number of carbonyl (C=O) groups is 2. The molecule has 3 unspecified atom stereocenters. The minimum Gasteiger partial charge on any atom is -0.480 e. The zero-order chi connectivity index (χ0) is 19.6. The molecular weight excluding hydrogens is 357 g/mol. The van der Waals surface area contributed by atoms with E-state index in [4.69, 9.17) is 0 Å². The number of fused-ring (bicyclic) bond motifs is 1. The molecule has 1 heterocycles. The molecule has 27 heavy (non-hydrogen) atoms. The highest BCUT2D eigenvalue weighted by Gasteiger charge is 2.44. The molecule has 1 saturated heterocycles. The van der Waals surface area contributed by atoms with Crippen LogP contribution in [0.1, 0.15) is 38.5 Å². The lowest BCUT2D eigenvalue weighted by Crippen LogP contribution is -2.43. The van der Waals surface area contributed by atoms with E-state index in [1.807, 2.05) is 4.90 Å². The lowest BCUT2D eigenvalue weighted by atomic mass is 9.85. The Kier molecular flexibility index (Phi) is 5.69. The Morgan fingerprint density at radius 1 is 1.33 bits per heavy atom. The van der Waals surface area contributed by atoms with E-state index in [0.717, 1.165) is 43.9 Å². The van der Waals surface area contributed by atoms with Gasteiger partial charge in [0, 0.05) is 31.1 Å². The Morgan fingerprint density at radius 2 is 2.07 bits per heavy atom. The second-order valence-corrected chi connectivity index (χ2v) is 7.16. The molecule has 146 valence electrons. The molecule has 9 heteroatoms. The molecule has 8 nitrogen and oxygen atoms in total. The number of carbonyl (C=O) groups excluding carboxylic acids is 1. The largest absolute Gasteiger partial charge is 0.480 e. The van der Waals surface area contributed by atoms with Crippen LogP contribution in [0, 0.1) is 21.8 Å². The number of amides is 1. The fraction of sp³-hybridized carbons (Fsp3) is 0.556. The van der Waals surface area contributed by atoms with Gasteiger partial charge in [0.25, 0.3) is 5.69 Å². The molecule has 1 aliphatic heterocycles. The molecule has 1 amide bonds. The highest BCUT2D eigenvalue weighted by atomic mass is 19.1. The molecule has 0 spiro atoms. The van der Waals surface area contributed by atoms with Crippen molar-refractivity contribution in [1.82, 2.24) is 4.90 Å². The second-order valence-electron chi connectivity index (χ2n) is 7.16. The second kappa shape index (κ2) is 7.99. The van der Waals surface area contributed by atoms with Crippen LogP contribution in [0.3, 0.4) is 0 Å². The van der Waals surface area contributed by atoms with Crippen LogP contribution in [0.4, 0.5) is 15.8 Å². The highest BCUT2D eigenvalue weighted by molar-refractivity contribution is 5.91. The number of halogens is 1. The van der Waals surface area contributed by atoms with Gasteiger partial charge < -0.3 is 10.4 Å². The molecule has 0 aromatic heterocycles. The van der Waals surface area contributed by atoms with Crippen molar-refractivity contribution in [1.29, 1.82) is 0 Å². The van der Waals surface area contributed by atoms with E-state index in [1.54, 1.807) is 0 Å². The maximum absolute atomic E-state index is 13.8. The smallest absolute Gasteiger partial charge is 0.320 e. The topological polar surface area (TPSA) is 113 Å². The van der Waals surface area contributed by atoms with E-state index in [0.29, 0.717) is 12.3 Å². The summed E-state index contributed by atoms with van der Waals surface area (Å²) in [7, 11) is 0. The number of carboxylic acids is 1. The van der Waals surface area contributed by atoms with Crippen LogP contribution < -0.4 is 5.32 Å². The molecule has 3 atom stereocenters. The van der Waals surface area contributed by atoms with E-state index < -0.39 is 28.7 Å². The quantitative estimate of drug-likeness (QED) is 0.580. The number of carboxylic acid groups (broad SMARTS) is 1. The Balaban J connectivity index is 1.63. The van der Waals surface area contributed by atoms with Crippen LogP contribution >= 0.6 is 0 Å². The minimum absolute atomic E-state index is 0.00483. The molecular formula is C18H22FN3O5. The number of aliphatic carboxylic acids is 1. The van der Waals surface area contributed by atoms with Crippen molar-refractivity contribution in [3.8, 4) is 0 Å². The summed E-state index contributed by atoms with van der Waals surface area (Å²) in [5.41, 5.74) is -0.566. The summed E-state index contributed by atoms with van der Waals surface area (Å²) in [5.74, 6) is -1.80. The molecule has 1 saturated carbocycles. The van der Waals surface area contributed by atoms with Gasteiger partial charge in [0.05, 0.1) is 10.6 Å². The molecule has 2 N–H and O–H groups in total. The fourth-order valence-electron chi connectivity index (χ4n) is 4.28. The Morgan fingerprint density at radius 3 is 2.78 bits per heavy atom. The summed E-state index contributed by atoms with van der Waals surface area (Å²) in [6.07, 6.45) is 4.69. The van der Waals surface area contributed by atoms with Gasteiger partial charge in [-0.3, -0.25) is 24.6 Å². The van der Waals surface area contributed by atoms with Crippen molar-refractivity contribution in [3.05, 3.63) is 34.1 Å². The number of nitrogens with zero attached hydrogens (tertiary/aromatic N) is 2. The van der Waals surface area contributed by atoms with E-state index >= 15 is 0 Å². The summed E-state index contributed by atoms with van der Waals surface area (Å²) in [5, 5.41) is 22.6. The van der Waals surface area contributed by atoms with Gasteiger partial charge >= 0.3 is 5.97 Å². The molecule has 3 rings (SSSR count). The zero-order valence-corrected chi connectivity index (χ0v) is 14.8. The van der Waals surface area contributed by atoms with Crippen LogP contribution in [-0.4, -0.2) is 45.4 Å². The van der Waals surface area contributed by atoms with Gasteiger partial charge in [0.1, 0.15) is 11.9 Å². The van der Waals surface area contributed by atoms with Crippen LogP contribution in [0.5, 0.6) is 0 Å². The predicted octanol–water partition coefficient (Wildman–Crippen LogP) is 2.78. The molecule has 1 aliphatic carbocycles. The van der Waals surface area contributed by atoms with Crippen LogP contribution in [0.25, 0.3) is 0 Å². The average Bonchev–Trinajstić information content (AvgIpc) is 3.00. The van der Waals surface area contributed by atoms with Gasteiger partial charge in [0.15, 0.2) is 0 Å². The van der Waals surface area contributed by atoms with Crippen molar-refractivity contribution in [2.45, 2.75) is 50.6 Å². The summed E-state index contributed by atoms with van der Waals surface area (Å²) in [6, 6.07) is 2.50. The van der Waals surface area contributed by atoms with Gasteiger partial charge in [-0.05, 0) is 31.2 Å². The van der Waals surface area contributed by atoms with E-state index in [-0.39, 0.29) is 30.4 Å². The maximum atomic E-state index is 13.8. The fourth-order valence-corrected chi connectivity index (χ4v) is 4.28.